The smallest absolute Gasteiger partial charge is 0.393 e. The van der Waals surface area contributed by atoms with E-state index in [2.05, 4.69) is 22.1 Å². The van der Waals surface area contributed by atoms with Crippen molar-refractivity contribution in [2.24, 2.45) is 0 Å². The van der Waals surface area contributed by atoms with Crippen molar-refractivity contribution in [2.45, 2.75) is 0 Å². The van der Waals surface area contributed by atoms with Gasteiger partial charge in [0, 0.05) is 37.9 Å². The van der Waals surface area contributed by atoms with Crippen molar-refractivity contribution >= 4 is 48.2 Å². The fraction of sp³-hybridized carbons (Fsp3) is 0.294. The van der Waals surface area contributed by atoms with Gasteiger partial charge in [-0.05, 0) is 25.2 Å². The molecular formula is C17H19Cl3N3O2P. The van der Waals surface area contributed by atoms with Crippen LogP contribution in [-0.2, 0) is 4.57 Å². The predicted octanol–water partition coefficient (Wildman–Crippen LogP) is 5.18. The van der Waals surface area contributed by atoms with Gasteiger partial charge in [-0.3, -0.25) is 0 Å². The number of nitrogens with zero attached hydrogens (tertiary/aromatic N) is 2. The van der Waals surface area contributed by atoms with Crippen LogP contribution in [0.3, 0.4) is 0 Å². The van der Waals surface area contributed by atoms with Gasteiger partial charge in [0.1, 0.15) is 5.75 Å². The molecule has 1 aliphatic rings. The van der Waals surface area contributed by atoms with Crippen LogP contribution in [-0.4, -0.2) is 37.9 Å². The largest absolute Gasteiger partial charge is 0.420 e. The van der Waals surface area contributed by atoms with Crippen molar-refractivity contribution in [3.8, 4) is 5.75 Å². The molecule has 1 N–H and O–H groups in total. The van der Waals surface area contributed by atoms with Crippen molar-refractivity contribution in [2.75, 3.05) is 38.1 Å². The highest BCUT2D eigenvalue weighted by Gasteiger charge is 2.35. The fourth-order valence-electron chi connectivity index (χ4n) is 2.81. The lowest BCUT2D eigenvalue weighted by Gasteiger charge is -2.38. The number of piperazine rings is 1. The van der Waals surface area contributed by atoms with Gasteiger partial charge in [0.25, 0.3) is 0 Å². The molecule has 9 heteroatoms. The maximum absolute atomic E-state index is 13.3. The standard InChI is InChI=1S/C17H19Cl3N3O2P/c1-21-26(24,25-17-12-15(19)14(18)11-16(17)20)23-9-7-22(8-10-23)13-5-3-2-4-6-13/h2-6,11-12H,7-10H2,1H3,(H,21,24). The highest BCUT2D eigenvalue weighted by atomic mass is 35.5. The number of benzene rings is 2. The molecular weight excluding hydrogens is 416 g/mol. The Balaban J connectivity index is 1.73. The molecule has 1 aliphatic heterocycles. The summed E-state index contributed by atoms with van der Waals surface area (Å²) in [4.78, 5) is 2.25. The molecule has 0 spiro atoms. The first-order valence-corrected chi connectivity index (χ1v) is 10.8. The summed E-state index contributed by atoms with van der Waals surface area (Å²) in [7, 11) is -1.70. The van der Waals surface area contributed by atoms with Crippen LogP contribution in [0.1, 0.15) is 0 Å². The van der Waals surface area contributed by atoms with Crippen LogP contribution >= 0.6 is 42.5 Å². The average molecular weight is 435 g/mol. The molecule has 0 bridgehead atoms. The normalized spacial score (nSPS) is 17.8. The van der Waals surface area contributed by atoms with Crippen LogP contribution in [0, 0.1) is 0 Å². The number of halogens is 3. The number of anilines is 1. The maximum atomic E-state index is 13.3. The molecule has 0 saturated carbocycles. The second-order valence-electron chi connectivity index (χ2n) is 5.81. The van der Waals surface area contributed by atoms with Gasteiger partial charge in [-0.15, -0.1) is 0 Å². The third kappa shape index (κ3) is 4.30. The van der Waals surface area contributed by atoms with Gasteiger partial charge < -0.3 is 9.42 Å². The summed E-state index contributed by atoms with van der Waals surface area (Å²) in [6.45, 7) is 2.67. The molecule has 1 saturated heterocycles. The molecule has 2 aromatic rings. The van der Waals surface area contributed by atoms with Gasteiger partial charge in [-0.2, -0.15) is 0 Å². The second kappa shape index (κ2) is 8.39. The van der Waals surface area contributed by atoms with Crippen LogP contribution in [0.5, 0.6) is 5.75 Å². The Bertz CT molecular complexity index is 814. The lowest BCUT2D eigenvalue weighted by atomic mass is 10.2. The van der Waals surface area contributed by atoms with Crippen LogP contribution < -0.4 is 14.5 Å². The number of nitrogens with one attached hydrogen (secondary N) is 1. The van der Waals surface area contributed by atoms with E-state index in [0.717, 1.165) is 18.8 Å². The summed E-state index contributed by atoms with van der Waals surface area (Å²) >= 11 is 18.1. The molecule has 3 rings (SSSR count). The fourth-order valence-corrected chi connectivity index (χ4v) is 5.05. The predicted molar refractivity (Wildman–Crippen MR) is 109 cm³/mol. The number of hydrogen-bond acceptors (Lipinski definition) is 3. The number of para-hydroxylation sites is 1. The Morgan fingerprint density at radius 2 is 1.58 bits per heavy atom. The first-order chi connectivity index (χ1) is 12.4. The monoisotopic (exact) mass is 433 g/mol. The third-order valence-electron chi connectivity index (χ3n) is 4.23. The highest BCUT2D eigenvalue weighted by molar-refractivity contribution is 7.54. The van der Waals surface area contributed by atoms with Crippen molar-refractivity contribution in [3.63, 3.8) is 0 Å². The minimum absolute atomic E-state index is 0.240. The molecule has 1 atom stereocenters. The molecule has 0 amide bonds. The quantitative estimate of drug-likeness (QED) is 0.519. The molecule has 0 radical (unpaired) electrons. The van der Waals surface area contributed by atoms with Crippen LogP contribution in [0.15, 0.2) is 42.5 Å². The van der Waals surface area contributed by atoms with Crippen molar-refractivity contribution in [3.05, 3.63) is 57.5 Å². The maximum Gasteiger partial charge on any atom is 0.393 e. The Kier molecular flexibility index (Phi) is 6.39. The molecule has 140 valence electrons. The van der Waals surface area contributed by atoms with Crippen molar-refractivity contribution in [1.29, 1.82) is 0 Å². The molecule has 26 heavy (non-hydrogen) atoms. The zero-order chi connectivity index (χ0) is 18.7. The van der Waals surface area contributed by atoms with E-state index in [1.54, 1.807) is 7.05 Å². The van der Waals surface area contributed by atoms with E-state index in [9.17, 15) is 4.57 Å². The first kappa shape index (κ1) is 19.8. The number of rotatable bonds is 5. The lowest BCUT2D eigenvalue weighted by molar-refractivity contribution is 0.327. The van der Waals surface area contributed by atoms with E-state index in [-0.39, 0.29) is 10.8 Å². The summed E-state index contributed by atoms with van der Waals surface area (Å²) in [5.74, 6) is 0.240. The SMILES string of the molecule is CNP(=O)(Oc1cc(Cl)c(Cl)cc1Cl)N1CCN(c2ccccc2)CC1. The van der Waals surface area contributed by atoms with Gasteiger partial charge in [0.2, 0.25) is 0 Å². The van der Waals surface area contributed by atoms with E-state index in [4.69, 9.17) is 39.3 Å². The van der Waals surface area contributed by atoms with E-state index in [1.165, 1.54) is 12.1 Å². The Morgan fingerprint density at radius 1 is 0.962 bits per heavy atom. The van der Waals surface area contributed by atoms with Gasteiger partial charge in [-0.25, -0.2) is 14.3 Å². The zero-order valence-electron chi connectivity index (χ0n) is 14.2. The Hall–Kier alpha value is -0.940. The first-order valence-electron chi connectivity index (χ1n) is 8.11. The van der Waals surface area contributed by atoms with E-state index < -0.39 is 7.67 Å². The van der Waals surface area contributed by atoms with E-state index >= 15 is 0 Å². The summed E-state index contributed by atoms with van der Waals surface area (Å²) < 4.78 is 20.9. The third-order valence-corrected chi connectivity index (χ3v) is 7.40. The minimum atomic E-state index is -3.31. The topological polar surface area (TPSA) is 44.8 Å². The summed E-state index contributed by atoms with van der Waals surface area (Å²) in [6.07, 6.45) is 0. The van der Waals surface area contributed by atoms with Gasteiger partial charge in [0.15, 0.2) is 0 Å². The van der Waals surface area contributed by atoms with Crippen LogP contribution in [0.2, 0.25) is 15.1 Å². The van der Waals surface area contributed by atoms with Crippen molar-refractivity contribution in [1.82, 2.24) is 9.76 Å². The van der Waals surface area contributed by atoms with Crippen molar-refractivity contribution < 1.29 is 9.09 Å². The second-order valence-corrected chi connectivity index (χ2v) is 9.27. The van der Waals surface area contributed by atoms with Gasteiger partial charge >= 0.3 is 7.67 Å². The Labute approximate surface area is 168 Å². The average Bonchev–Trinajstić information content (AvgIpc) is 2.67. The number of hydrogen-bond donors (Lipinski definition) is 1. The molecule has 1 fully saturated rings. The summed E-state index contributed by atoms with van der Waals surface area (Å²) in [6, 6.07) is 13.1. The summed E-state index contributed by atoms with van der Waals surface area (Å²) in [5, 5.41) is 3.69. The van der Waals surface area contributed by atoms with Crippen LogP contribution in [0.4, 0.5) is 5.69 Å². The van der Waals surface area contributed by atoms with E-state index in [1.807, 2.05) is 22.9 Å². The molecule has 1 heterocycles. The molecule has 0 aromatic heterocycles. The van der Waals surface area contributed by atoms with Gasteiger partial charge in [-0.1, -0.05) is 53.0 Å². The molecule has 0 aliphatic carbocycles. The molecule has 1 unspecified atom stereocenters. The van der Waals surface area contributed by atoms with Gasteiger partial charge in [0.05, 0.1) is 15.1 Å². The molecule has 2 aromatic carbocycles. The molecule has 5 nitrogen and oxygen atoms in total. The van der Waals surface area contributed by atoms with E-state index in [0.29, 0.717) is 23.1 Å². The lowest BCUT2D eigenvalue weighted by Crippen LogP contribution is -2.46. The Morgan fingerprint density at radius 3 is 2.19 bits per heavy atom. The highest BCUT2D eigenvalue weighted by Crippen LogP contribution is 2.49. The summed E-state index contributed by atoms with van der Waals surface area (Å²) in [5.41, 5.74) is 1.15. The minimum Gasteiger partial charge on any atom is -0.420 e. The van der Waals surface area contributed by atoms with Crippen LogP contribution in [0.25, 0.3) is 0 Å². The zero-order valence-corrected chi connectivity index (χ0v) is 17.3.